The number of aliphatic hydroxyl groups is 1. The van der Waals surface area contributed by atoms with Crippen molar-refractivity contribution >= 4 is 25.3 Å². The molecule has 38 heavy (non-hydrogen) atoms. The maximum atomic E-state index is 13.7. The van der Waals surface area contributed by atoms with Gasteiger partial charge in [0.1, 0.15) is 28.9 Å². The summed E-state index contributed by atoms with van der Waals surface area (Å²) < 4.78 is 37.1. The van der Waals surface area contributed by atoms with E-state index in [9.17, 15) is 24.1 Å². The lowest BCUT2D eigenvalue weighted by molar-refractivity contribution is -0.148. The van der Waals surface area contributed by atoms with Crippen LogP contribution < -0.4 is 20.9 Å². The molecule has 0 spiro atoms. The average molecular weight is 574 g/mol. The molecule has 2 heterocycles. The van der Waals surface area contributed by atoms with Gasteiger partial charge in [0.15, 0.2) is 6.23 Å². The molecule has 1 saturated heterocycles. The molecule has 0 radical (unpaired) electrons. The van der Waals surface area contributed by atoms with Crippen molar-refractivity contribution in [1.82, 2.24) is 14.6 Å². The number of nitrogens with zero attached hydrogens (tertiary/aromatic N) is 1. The molecule has 3 N–H and O–H groups in total. The maximum absolute atomic E-state index is 13.7. The predicted octanol–water partition coefficient (Wildman–Crippen LogP) is 2.56. The second-order valence-electron chi connectivity index (χ2n) is 10.4. The first kappa shape index (κ1) is 30.1. The Bertz CT molecular complexity index is 1280. The third-order valence-electron chi connectivity index (χ3n) is 5.55. The first-order valence-electron chi connectivity index (χ1n) is 11.9. The number of nitrogens with one attached hydrogen (secondary N) is 2. The number of benzene rings is 1. The van der Waals surface area contributed by atoms with E-state index in [-0.39, 0.29) is 17.8 Å². The van der Waals surface area contributed by atoms with Gasteiger partial charge in [-0.3, -0.25) is 23.7 Å². The molecular formula is C24H33ClN3O9P. The lowest BCUT2D eigenvalue weighted by Crippen LogP contribution is -2.43. The number of aliphatic hydroxyl groups excluding tert-OH is 1. The Morgan fingerprint density at radius 1 is 1.29 bits per heavy atom. The molecule has 14 heteroatoms. The van der Waals surface area contributed by atoms with Gasteiger partial charge in [-0.05, 0) is 31.4 Å². The van der Waals surface area contributed by atoms with E-state index in [4.69, 9.17) is 30.1 Å². The number of hydrogen-bond acceptors (Lipinski definition) is 9. The predicted molar refractivity (Wildman–Crippen MR) is 139 cm³/mol. The second-order valence-corrected chi connectivity index (χ2v) is 12.9. The number of alkyl halides is 1. The fourth-order valence-electron chi connectivity index (χ4n) is 3.55. The third kappa shape index (κ3) is 7.56. The van der Waals surface area contributed by atoms with Crippen molar-refractivity contribution in [2.75, 3.05) is 13.2 Å². The lowest BCUT2D eigenvalue weighted by Gasteiger charge is -2.26. The summed E-state index contributed by atoms with van der Waals surface area (Å²) in [5.74, 6) is -0.463. The summed E-state index contributed by atoms with van der Waals surface area (Å²) in [7, 11) is -4.25. The molecule has 0 aliphatic carbocycles. The number of aromatic nitrogens is 2. The van der Waals surface area contributed by atoms with Gasteiger partial charge in [0.2, 0.25) is 0 Å². The van der Waals surface area contributed by atoms with Crippen molar-refractivity contribution in [3.05, 3.63) is 63.4 Å². The first-order chi connectivity index (χ1) is 17.6. The molecular weight excluding hydrogens is 541 g/mol. The molecule has 0 bridgehead atoms. The first-order valence-corrected chi connectivity index (χ1v) is 13.8. The number of aromatic amines is 1. The molecule has 1 aliphatic rings. The highest BCUT2D eigenvalue weighted by Crippen LogP contribution is 2.48. The highest BCUT2D eigenvalue weighted by molar-refractivity contribution is 7.52. The monoisotopic (exact) mass is 573 g/mol. The standard InChI is InChI=1S/C24H33ClN3O9P/c1-15(20(31)34-14-23(2,3)4)27-38(33,37-16-9-7-6-8-10-16)35-13-17-19(30)24(5,25)21(36-17)28-12-11-18(29)26-22(28)32/h6-12,15,17,19,21,30H,13-14H2,1-5H3,(H,27,33)(H,26,29,32)/t15-,17-,19-,21-,24-,38-/m1/s1. The van der Waals surface area contributed by atoms with Gasteiger partial charge in [-0.1, -0.05) is 39.0 Å². The van der Waals surface area contributed by atoms with Crippen molar-refractivity contribution in [2.24, 2.45) is 5.41 Å². The molecule has 0 saturated carbocycles. The van der Waals surface area contributed by atoms with Crippen LogP contribution in [0.25, 0.3) is 0 Å². The summed E-state index contributed by atoms with van der Waals surface area (Å²) in [6, 6.07) is 8.20. The Labute approximate surface area is 224 Å². The van der Waals surface area contributed by atoms with E-state index in [2.05, 4.69) is 10.1 Å². The Kier molecular flexibility index (Phi) is 9.28. The molecule has 2 aromatic rings. The minimum atomic E-state index is -4.25. The largest absolute Gasteiger partial charge is 0.464 e. The van der Waals surface area contributed by atoms with Crippen LogP contribution in [-0.4, -0.2) is 57.0 Å². The van der Waals surface area contributed by atoms with E-state index in [1.54, 1.807) is 30.3 Å². The summed E-state index contributed by atoms with van der Waals surface area (Å²) in [5, 5.41) is 13.4. The smallest absolute Gasteiger partial charge is 0.459 e. The van der Waals surface area contributed by atoms with Gasteiger partial charge in [0.05, 0.1) is 13.2 Å². The van der Waals surface area contributed by atoms with Gasteiger partial charge in [0, 0.05) is 12.3 Å². The van der Waals surface area contributed by atoms with E-state index in [0.29, 0.717) is 0 Å². The van der Waals surface area contributed by atoms with Crippen LogP contribution in [0.3, 0.4) is 0 Å². The van der Waals surface area contributed by atoms with Gasteiger partial charge in [-0.2, -0.15) is 5.09 Å². The number of halogens is 1. The van der Waals surface area contributed by atoms with Gasteiger partial charge >= 0.3 is 19.4 Å². The number of carbonyl (C=O) groups excluding carboxylic acids is 1. The lowest BCUT2D eigenvalue weighted by atomic mass is 9.99. The van der Waals surface area contributed by atoms with Crippen molar-refractivity contribution in [1.29, 1.82) is 0 Å². The molecule has 1 aromatic heterocycles. The molecule has 1 aliphatic heterocycles. The molecule has 1 aromatic carbocycles. The van der Waals surface area contributed by atoms with Crippen molar-refractivity contribution in [3.8, 4) is 5.75 Å². The molecule has 6 atom stereocenters. The van der Waals surface area contributed by atoms with E-state index in [0.717, 1.165) is 10.6 Å². The molecule has 0 amide bonds. The zero-order valence-corrected chi connectivity index (χ0v) is 23.4. The summed E-state index contributed by atoms with van der Waals surface area (Å²) in [5.41, 5.74) is -1.67. The highest BCUT2D eigenvalue weighted by Gasteiger charge is 2.54. The van der Waals surface area contributed by atoms with E-state index >= 15 is 0 Å². The Balaban J connectivity index is 1.78. The van der Waals surface area contributed by atoms with Gasteiger partial charge in [-0.25, -0.2) is 9.36 Å². The maximum Gasteiger partial charge on any atom is 0.459 e. The van der Waals surface area contributed by atoms with E-state index < -0.39 is 60.9 Å². The quantitative estimate of drug-likeness (QED) is 0.219. The van der Waals surface area contributed by atoms with Crippen molar-refractivity contribution in [2.45, 2.75) is 64.0 Å². The Morgan fingerprint density at radius 2 is 1.95 bits per heavy atom. The fourth-order valence-corrected chi connectivity index (χ4v) is 5.35. The summed E-state index contributed by atoms with van der Waals surface area (Å²) in [6.45, 7) is 8.26. The highest BCUT2D eigenvalue weighted by atomic mass is 35.5. The number of ether oxygens (including phenoxy) is 2. The molecule has 1 fully saturated rings. The minimum absolute atomic E-state index is 0.143. The number of esters is 1. The fraction of sp³-hybridized carbons (Fsp3) is 0.542. The van der Waals surface area contributed by atoms with Crippen LogP contribution in [0.15, 0.2) is 52.2 Å². The summed E-state index contributed by atoms with van der Waals surface area (Å²) in [4.78, 5) is 36.8. The minimum Gasteiger partial charge on any atom is -0.464 e. The van der Waals surface area contributed by atoms with Crippen LogP contribution in [0.4, 0.5) is 0 Å². The van der Waals surface area contributed by atoms with Crippen LogP contribution >= 0.6 is 19.3 Å². The summed E-state index contributed by atoms with van der Waals surface area (Å²) >= 11 is 6.54. The molecule has 3 rings (SSSR count). The second kappa shape index (κ2) is 11.7. The molecule has 0 unspecified atom stereocenters. The average Bonchev–Trinajstić information content (AvgIpc) is 3.04. The summed E-state index contributed by atoms with van der Waals surface area (Å²) in [6.07, 6.45) is -2.53. The van der Waals surface area contributed by atoms with Crippen LogP contribution in [0.5, 0.6) is 5.75 Å². The normalized spacial score (nSPS) is 25.9. The number of hydrogen-bond donors (Lipinski definition) is 3. The molecule has 12 nitrogen and oxygen atoms in total. The number of H-pyrrole nitrogens is 1. The topological polar surface area (TPSA) is 158 Å². The number of carbonyl (C=O) groups is 1. The Hall–Kier alpha value is -2.47. The van der Waals surface area contributed by atoms with Crippen molar-refractivity contribution in [3.63, 3.8) is 0 Å². The van der Waals surface area contributed by atoms with Crippen molar-refractivity contribution < 1.29 is 33.0 Å². The van der Waals surface area contributed by atoms with Gasteiger partial charge < -0.3 is 19.1 Å². The SMILES string of the molecule is C[C@@H](N[P@@](=O)(OC[C@H]1O[C@@H](n2ccc(=O)[nH]c2=O)[C@](C)(Cl)[C@@H]1O)Oc1ccccc1)C(=O)OCC(C)(C)C. The zero-order valence-electron chi connectivity index (χ0n) is 21.8. The molecule has 210 valence electrons. The van der Waals surface area contributed by atoms with Crippen LogP contribution in [0, 0.1) is 5.41 Å². The number of rotatable bonds is 10. The van der Waals surface area contributed by atoms with Crippen LogP contribution in [-0.2, 0) is 23.4 Å². The van der Waals surface area contributed by atoms with E-state index in [1.165, 1.54) is 20.0 Å². The van der Waals surface area contributed by atoms with E-state index in [1.807, 2.05) is 20.8 Å². The van der Waals surface area contributed by atoms with Crippen LogP contribution in [0.2, 0.25) is 0 Å². The Morgan fingerprint density at radius 3 is 2.55 bits per heavy atom. The van der Waals surface area contributed by atoms with Gasteiger partial charge in [0.25, 0.3) is 5.56 Å². The van der Waals surface area contributed by atoms with Gasteiger partial charge in [-0.15, -0.1) is 11.6 Å². The third-order valence-corrected chi connectivity index (χ3v) is 7.61. The number of para-hydroxylation sites is 1. The van der Waals surface area contributed by atoms with Crippen LogP contribution in [0.1, 0.15) is 40.8 Å². The zero-order chi connectivity index (χ0) is 28.3.